The lowest BCUT2D eigenvalue weighted by Gasteiger charge is -2.40. The standard InChI is InChI=1S/C17H20BrN3O3/c1-17(2,3)24-16(23)20-8-11(9-20)10-21-14-5-4-12(18)6-13(14)19-7-15(21)22/h4-7,11H,8-10H2,1-3H3. The first-order valence-corrected chi connectivity index (χ1v) is 8.65. The molecule has 0 unspecified atom stereocenters. The molecule has 0 radical (unpaired) electrons. The van der Waals surface area contributed by atoms with Crippen molar-refractivity contribution in [2.45, 2.75) is 32.9 Å². The van der Waals surface area contributed by atoms with Gasteiger partial charge in [0.25, 0.3) is 5.56 Å². The highest BCUT2D eigenvalue weighted by Crippen LogP contribution is 2.22. The van der Waals surface area contributed by atoms with E-state index in [9.17, 15) is 9.59 Å². The van der Waals surface area contributed by atoms with Crippen LogP contribution in [0, 0.1) is 5.92 Å². The molecule has 0 N–H and O–H groups in total. The summed E-state index contributed by atoms with van der Waals surface area (Å²) in [6, 6.07) is 5.67. The minimum absolute atomic E-state index is 0.124. The van der Waals surface area contributed by atoms with Crippen LogP contribution in [0.1, 0.15) is 20.8 Å². The predicted octanol–water partition coefficient (Wildman–Crippen LogP) is 3.03. The van der Waals surface area contributed by atoms with Gasteiger partial charge in [-0.2, -0.15) is 0 Å². The van der Waals surface area contributed by atoms with E-state index in [1.165, 1.54) is 6.20 Å². The lowest BCUT2D eigenvalue weighted by atomic mass is 10.0. The highest BCUT2D eigenvalue weighted by atomic mass is 79.9. The smallest absolute Gasteiger partial charge is 0.410 e. The SMILES string of the molecule is CC(C)(C)OC(=O)N1CC(Cn2c(=O)cnc3cc(Br)ccc32)C1. The first-order chi connectivity index (χ1) is 11.2. The molecule has 0 atom stereocenters. The number of rotatable bonds is 2. The number of amides is 1. The summed E-state index contributed by atoms with van der Waals surface area (Å²) in [7, 11) is 0. The molecule has 1 aromatic heterocycles. The summed E-state index contributed by atoms with van der Waals surface area (Å²) in [6.45, 7) is 7.32. The quantitative estimate of drug-likeness (QED) is 0.786. The molecule has 1 aliphatic heterocycles. The summed E-state index contributed by atoms with van der Waals surface area (Å²) in [4.78, 5) is 30.0. The number of carbonyl (C=O) groups is 1. The maximum Gasteiger partial charge on any atom is 0.410 e. The van der Waals surface area contributed by atoms with Gasteiger partial charge in [0.2, 0.25) is 0 Å². The van der Waals surface area contributed by atoms with Crippen LogP contribution in [0.25, 0.3) is 11.0 Å². The van der Waals surface area contributed by atoms with E-state index >= 15 is 0 Å². The fraction of sp³-hybridized carbons (Fsp3) is 0.471. The van der Waals surface area contributed by atoms with Gasteiger partial charge in [0, 0.05) is 30.0 Å². The maximum atomic E-state index is 12.2. The lowest BCUT2D eigenvalue weighted by molar-refractivity contribution is -0.00328. The molecule has 2 aromatic rings. The molecule has 0 aliphatic carbocycles. The number of ether oxygens (including phenoxy) is 1. The third-order valence-corrected chi connectivity index (χ3v) is 4.35. The largest absolute Gasteiger partial charge is 0.444 e. The van der Waals surface area contributed by atoms with Crippen LogP contribution in [0.2, 0.25) is 0 Å². The molecule has 0 spiro atoms. The topological polar surface area (TPSA) is 64.4 Å². The van der Waals surface area contributed by atoms with E-state index in [4.69, 9.17) is 4.74 Å². The number of hydrogen-bond acceptors (Lipinski definition) is 4. The van der Waals surface area contributed by atoms with Crippen molar-refractivity contribution in [3.8, 4) is 0 Å². The van der Waals surface area contributed by atoms with Crippen LogP contribution in [0.3, 0.4) is 0 Å². The Morgan fingerprint density at radius 2 is 2.08 bits per heavy atom. The van der Waals surface area contributed by atoms with Crippen molar-refractivity contribution in [3.05, 3.63) is 39.2 Å². The summed E-state index contributed by atoms with van der Waals surface area (Å²) in [5.74, 6) is 0.240. The summed E-state index contributed by atoms with van der Waals surface area (Å²) in [6.07, 6.45) is 1.05. The van der Waals surface area contributed by atoms with Gasteiger partial charge in [0.05, 0.1) is 17.2 Å². The maximum absolute atomic E-state index is 12.2. The Kier molecular flexibility index (Phi) is 4.38. The van der Waals surface area contributed by atoms with Gasteiger partial charge in [-0.1, -0.05) is 15.9 Å². The second-order valence-corrected chi connectivity index (χ2v) is 8.01. The van der Waals surface area contributed by atoms with Gasteiger partial charge in [-0.25, -0.2) is 9.78 Å². The van der Waals surface area contributed by atoms with Crippen LogP contribution in [0.15, 0.2) is 33.7 Å². The van der Waals surface area contributed by atoms with Gasteiger partial charge < -0.3 is 14.2 Å². The second-order valence-electron chi connectivity index (χ2n) is 7.09. The molecule has 3 rings (SSSR count). The first kappa shape index (κ1) is 17.0. The van der Waals surface area contributed by atoms with Gasteiger partial charge in [-0.3, -0.25) is 4.79 Å². The van der Waals surface area contributed by atoms with Gasteiger partial charge in [0.15, 0.2) is 0 Å². The van der Waals surface area contributed by atoms with Crippen molar-refractivity contribution >= 4 is 33.1 Å². The van der Waals surface area contributed by atoms with Crippen molar-refractivity contribution in [2.75, 3.05) is 13.1 Å². The van der Waals surface area contributed by atoms with Crippen molar-refractivity contribution in [1.82, 2.24) is 14.5 Å². The number of benzene rings is 1. The fourth-order valence-electron chi connectivity index (χ4n) is 2.75. The number of halogens is 1. The van der Waals surface area contributed by atoms with Crippen LogP contribution >= 0.6 is 15.9 Å². The second kappa shape index (κ2) is 6.20. The van der Waals surface area contributed by atoms with E-state index < -0.39 is 5.60 Å². The first-order valence-electron chi connectivity index (χ1n) is 7.86. The molecule has 0 saturated carbocycles. The molecular formula is C17H20BrN3O3. The number of hydrogen-bond donors (Lipinski definition) is 0. The van der Waals surface area contributed by atoms with E-state index in [1.807, 2.05) is 39.0 Å². The average Bonchev–Trinajstić information content (AvgIpc) is 2.42. The van der Waals surface area contributed by atoms with Gasteiger partial charge in [-0.15, -0.1) is 0 Å². The number of fused-ring (bicyclic) bond motifs is 1. The summed E-state index contributed by atoms with van der Waals surface area (Å²) in [5.41, 5.74) is 0.961. The Morgan fingerprint density at radius 1 is 1.38 bits per heavy atom. The van der Waals surface area contributed by atoms with Crippen LogP contribution in [0.4, 0.5) is 4.79 Å². The van der Waals surface area contributed by atoms with Crippen molar-refractivity contribution in [1.29, 1.82) is 0 Å². The molecule has 0 bridgehead atoms. The van der Waals surface area contributed by atoms with Crippen molar-refractivity contribution in [2.24, 2.45) is 5.92 Å². The molecule has 1 aromatic carbocycles. The minimum atomic E-state index is -0.492. The Balaban J connectivity index is 1.71. The Hall–Kier alpha value is -1.89. The third-order valence-electron chi connectivity index (χ3n) is 3.86. The van der Waals surface area contributed by atoms with Crippen LogP contribution in [0.5, 0.6) is 0 Å². The van der Waals surface area contributed by atoms with Gasteiger partial charge >= 0.3 is 6.09 Å². The predicted molar refractivity (Wildman–Crippen MR) is 95.0 cm³/mol. The van der Waals surface area contributed by atoms with E-state index in [0.29, 0.717) is 19.6 Å². The molecule has 128 valence electrons. The highest BCUT2D eigenvalue weighted by molar-refractivity contribution is 9.10. The van der Waals surface area contributed by atoms with Crippen molar-refractivity contribution < 1.29 is 9.53 Å². The Morgan fingerprint density at radius 3 is 2.75 bits per heavy atom. The third kappa shape index (κ3) is 3.61. The number of nitrogens with zero attached hydrogens (tertiary/aromatic N) is 3. The lowest BCUT2D eigenvalue weighted by Crippen LogP contribution is -2.53. The fourth-order valence-corrected chi connectivity index (χ4v) is 3.10. The molecule has 2 heterocycles. The molecule has 24 heavy (non-hydrogen) atoms. The number of likely N-dealkylation sites (tertiary alicyclic amines) is 1. The molecular weight excluding hydrogens is 374 g/mol. The molecule has 1 fully saturated rings. The highest BCUT2D eigenvalue weighted by Gasteiger charge is 2.34. The Labute approximate surface area is 148 Å². The minimum Gasteiger partial charge on any atom is -0.444 e. The molecule has 1 saturated heterocycles. The molecule has 1 amide bonds. The zero-order valence-corrected chi connectivity index (χ0v) is 15.5. The normalized spacial score (nSPS) is 15.4. The molecule has 7 heteroatoms. The number of carbonyl (C=O) groups excluding carboxylic acids is 1. The number of aromatic nitrogens is 2. The Bertz CT molecular complexity index is 835. The van der Waals surface area contributed by atoms with E-state index in [1.54, 1.807) is 9.47 Å². The van der Waals surface area contributed by atoms with Crippen LogP contribution in [-0.4, -0.2) is 39.2 Å². The van der Waals surface area contributed by atoms with E-state index in [0.717, 1.165) is 15.5 Å². The van der Waals surface area contributed by atoms with Crippen molar-refractivity contribution in [3.63, 3.8) is 0 Å². The van der Waals surface area contributed by atoms with Gasteiger partial charge in [0.1, 0.15) is 5.60 Å². The monoisotopic (exact) mass is 393 g/mol. The summed E-state index contributed by atoms with van der Waals surface area (Å²) >= 11 is 3.41. The summed E-state index contributed by atoms with van der Waals surface area (Å²) < 4.78 is 8.00. The van der Waals surface area contributed by atoms with Crippen LogP contribution in [-0.2, 0) is 11.3 Å². The molecule has 6 nitrogen and oxygen atoms in total. The van der Waals surface area contributed by atoms with Gasteiger partial charge in [-0.05, 0) is 39.0 Å². The zero-order chi connectivity index (χ0) is 17.5. The summed E-state index contributed by atoms with van der Waals surface area (Å²) in [5, 5.41) is 0. The average molecular weight is 394 g/mol. The van der Waals surface area contributed by atoms with Crippen LogP contribution < -0.4 is 5.56 Å². The molecule has 1 aliphatic rings. The van der Waals surface area contributed by atoms with E-state index in [-0.39, 0.29) is 17.6 Å². The zero-order valence-electron chi connectivity index (χ0n) is 14.0. The van der Waals surface area contributed by atoms with E-state index in [2.05, 4.69) is 20.9 Å².